The summed E-state index contributed by atoms with van der Waals surface area (Å²) >= 11 is 3.47. The zero-order valence-electron chi connectivity index (χ0n) is 14.1. The van der Waals surface area contributed by atoms with Gasteiger partial charge in [-0.05, 0) is 48.4 Å². The molecule has 0 aliphatic rings. The molecule has 0 aliphatic carbocycles. The van der Waals surface area contributed by atoms with Crippen molar-refractivity contribution >= 4 is 74.5 Å². The number of rotatable bonds is 7. The van der Waals surface area contributed by atoms with Gasteiger partial charge >= 0.3 is 35.5 Å². The second kappa shape index (κ2) is 10.6. The molecule has 1 N–H and O–H groups in total. The van der Waals surface area contributed by atoms with E-state index in [4.69, 9.17) is 9.84 Å². The van der Waals surface area contributed by atoms with Crippen LogP contribution in [0.4, 0.5) is 0 Å². The third-order valence-corrected chi connectivity index (χ3v) is 4.28. The summed E-state index contributed by atoms with van der Waals surface area (Å²) in [6.45, 7) is 0.389. The first-order valence-corrected chi connectivity index (χ1v) is 9.08. The van der Waals surface area contributed by atoms with Crippen molar-refractivity contribution in [2.24, 2.45) is 0 Å². The molecule has 0 fully saturated rings. The molecule has 0 aliphatic heterocycles. The Kier molecular flexibility index (Phi) is 8.51. The number of carboxylic acids is 1. The van der Waals surface area contributed by atoms with Gasteiger partial charge in [-0.3, -0.25) is 4.79 Å². The van der Waals surface area contributed by atoms with Crippen LogP contribution >= 0.6 is 15.9 Å². The fourth-order valence-electron chi connectivity index (χ4n) is 2.50. The van der Waals surface area contributed by atoms with E-state index in [0.717, 1.165) is 32.4 Å². The van der Waals surface area contributed by atoms with E-state index in [0.29, 0.717) is 13.0 Å². The number of carboxylic acid groups (broad SMARTS) is 1. The second-order valence-electron chi connectivity index (χ2n) is 5.82. The quantitative estimate of drug-likeness (QED) is 0.429. The van der Waals surface area contributed by atoms with E-state index in [1.807, 2.05) is 60.7 Å². The number of aromatic nitrogens is 1. The Morgan fingerprint density at radius 2 is 1.93 bits per heavy atom. The van der Waals surface area contributed by atoms with Gasteiger partial charge < -0.3 is 9.84 Å². The van der Waals surface area contributed by atoms with Gasteiger partial charge in [0.15, 0.2) is 0 Å². The Hall–Kier alpha value is -1.66. The molecule has 134 valence electrons. The molecular formula is C21H19BrNNaO3. The molecule has 0 unspecified atom stereocenters. The molecule has 27 heavy (non-hydrogen) atoms. The molecule has 3 rings (SSSR count). The van der Waals surface area contributed by atoms with Gasteiger partial charge in [0.1, 0.15) is 5.75 Å². The van der Waals surface area contributed by atoms with Gasteiger partial charge in [0.25, 0.3) is 0 Å². The van der Waals surface area contributed by atoms with Crippen LogP contribution in [0.5, 0.6) is 5.75 Å². The summed E-state index contributed by atoms with van der Waals surface area (Å²) in [5.74, 6) is -0.0758. The van der Waals surface area contributed by atoms with Crippen molar-refractivity contribution in [3.05, 3.63) is 70.3 Å². The third kappa shape index (κ3) is 6.78. The minimum atomic E-state index is -0.805. The number of nitrogens with zero attached hydrogens (tertiary/aromatic N) is 1. The molecule has 0 saturated carbocycles. The zero-order chi connectivity index (χ0) is 18.4. The summed E-state index contributed by atoms with van der Waals surface area (Å²) in [5.41, 5.74) is 2.82. The SMILES string of the molecule is O=C(O)CCCOc1cccc(C=Cc2ccc3ccc(Br)cc3n2)c1.[NaH]. The number of hydrogen-bond donors (Lipinski definition) is 1. The molecule has 2 aromatic carbocycles. The molecule has 0 saturated heterocycles. The van der Waals surface area contributed by atoms with E-state index in [-0.39, 0.29) is 36.0 Å². The Bertz CT molecular complexity index is 959. The fourth-order valence-corrected chi connectivity index (χ4v) is 2.85. The van der Waals surface area contributed by atoms with Gasteiger partial charge in [0.05, 0.1) is 17.8 Å². The monoisotopic (exact) mass is 435 g/mol. The van der Waals surface area contributed by atoms with E-state index in [1.54, 1.807) is 0 Å². The molecule has 0 spiro atoms. The summed E-state index contributed by atoms with van der Waals surface area (Å²) in [4.78, 5) is 15.2. The van der Waals surface area contributed by atoms with E-state index in [1.165, 1.54) is 0 Å². The molecule has 0 radical (unpaired) electrons. The van der Waals surface area contributed by atoms with Crippen molar-refractivity contribution < 1.29 is 14.6 Å². The second-order valence-corrected chi connectivity index (χ2v) is 6.74. The summed E-state index contributed by atoms with van der Waals surface area (Å²) in [7, 11) is 0. The molecular weight excluding hydrogens is 417 g/mol. The predicted octanol–water partition coefficient (Wildman–Crippen LogP) is 4.76. The molecule has 6 heteroatoms. The first kappa shape index (κ1) is 21.6. The minimum absolute atomic E-state index is 0. The van der Waals surface area contributed by atoms with Crippen molar-refractivity contribution in [1.29, 1.82) is 0 Å². The van der Waals surface area contributed by atoms with Crippen LogP contribution in [-0.4, -0.2) is 52.2 Å². The summed E-state index contributed by atoms with van der Waals surface area (Å²) in [6, 6.07) is 17.8. The third-order valence-electron chi connectivity index (χ3n) is 3.78. The Morgan fingerprint density at radius 1 is 1.11 bits per heavy atom. The molecule has 1 aromatic heterocycles. The van der Waals surface area contributed by atoms with Crippen LogP contribution in [0.25, 0.3) is 23.1 Å². The average Bonchev–Trinajstić information content (AvgIpc) is 2.63. The molecule has 0 atom stereocenters. The maximum absolute atomic E-state index is 10.5. The number of halogens is 1. The van der Waals surface area contributed by atoms with Crippen LogP contribution in [0.2, 0.25) is 0 Å². The van der Waals surface area contributed by atoms with Crippen LogP contribution in [0.3, 0.4) is 0 Å². The van der Waals surface area contributed by atoms with Gasteiger partial charge in [-0.1, -0.05) is 46.3 Å². The first-order valence-electron chi connectivity index (χ1n) is 8.29. The Morgan fingerprint density at radius 3 is 2.74 bits per heavy atom. The first-order chi connectivity index (χ1) is 12.6. The fraction of sp³-hybridized carbons (Fsp3) is 0.143. The van der Waals surface area contributed by atoms with Crippen molar-refractivity contribution in [2.75, 3.05) is 6.61 Å². The van der Waals surface area contributed by atoms with Gasteiger partial charge in [-0.15, -0.1) is 0 Å². The van der Waals surface area contributed by atoms with Gasteiger partial charge in [-0.2, -0.15) is 0 Å². The maximum atomic E-state index is 10.5. The van der Waals surface area contributed by atoms with Crippen LogP contribution in [-0.2, 0) is 4.79 Å². The number of benzene rings is 2. The molecule has 0 bridgehead atoms. The average molecular weight is 436 g/mol. The van der Waals surface area contributed by atoms with Crippen LogP contribution in [0.1, 0.15) is 24.1 Å². The van der Waals surface area contributed by atoms with E-state index in [2.05, 4.69) is 27.0 Å². The van der Waals surface area contributed by atoms with Crippen molar-refractivity contribution in [2.45, 2.75) is 12.8 Å². The number of fused-ring (bicyclic) bond motifs is 1. The van der Waals surface area contributed by atoms with Crippen molar-refractivity contribution in [1.82, 2.24) is 4.98 Å². The number of hydrogen-bond acceptors (Lipinski definition) is 3. The van der Waals surface area contributed by atoms with Crippen molar-refractivity contribution in [3.63, 3.8) is 0 Å². The van der Waals surface area contributed by atoms with Crippen LogP contribution < -0.4 is 4.74 Å². The van der Waals surface area contributed by atoms with E-state index in [9.17, 15) is 4.79 Å². The Balaban J connectivity index is 0.00000261. The van der Waals surface area contributed by atoms with Gasteiger partial charge in [0, 0.05) is 16.3 Å². The topological polar surface area (TPSA) is 59.4 Å². The molecule has 3 aromatic rings. The number of ether oxygens (including phenoxy) is 1. The number of aliphatic carboxylic acids is 1. The van der Waals surface area contributed by atoms with Gasteiger partial charge in [0.2, 0.25) is 0 Å². The van der Waals surface area contributed by atoms with Crippen LogP contribution in [0.15, 0.2) is 59.1 Å². The predicted molar refractivity (Wildman–Crippen MR) is 114 cm³/mol. The summed E-state index contributed by atoms with van der Waals surface area (Å²) < 4.78 is 6.61. The molecule has 1 heterocycles. The summed E-state index contributed by atoms with van der Waals surface area (Å²) in [6.07, 6.45) is 4.55. The van der Waals surface area contributed by atoms with E-state index < -0.39 is 5.97 Å². The standard InChI is InChI=1S/C21H18BrNO3.Na.H/c22-17-9-7-16-8-11-18(23-20(16)14-17)10-6-15-3-1-4-19(13-15)26-12-2-5-21(24)25;;/h1,3-4,6-11,13-14H,2,5,12H2,(H,24,25);;. The van der Waals surface area contributed by atoms with Crippen LogP contribution in [0, 0.1) is 0 Å². The number of pyridine rings is 1. The number of carbonyl (C=O) groups is 1. The molecule has 0 amide bonds. The summed E-state index contributed by atoms with van der Waals surface area (Å²) in [5, 5.41) is 9.74. The zero-order valence-corrected chi connectivity index (χ0v) is 15.6. The molecule has 4 nitrogen and oxygen atoms in total. The Labute approximate surface area is 188 Å². The van der Waals surface area contributed by atoms with Crippen molar-refractivity contribution in [3.8, 4) is 5.75 Å². The van der Waals surface area contributed by atoms with E-state index >= 15 is 0 Å². The normalized spacial score (nSPS) is 10.7. The van der Waals surface area contributed by atoms with Gasteiger partial charge in [-0.25, -0.2) is 4.98 Å².